The third-order valence-corrected chi connectivity index (χ3v) is 4.13. The molecule has 0 unspecified atom stereocenters. The van der Waals surface area contributed by atoms with Crippen molar-refractivity contribution in [2.24, 2.45) is 5.92 Å². The molecule has 0 amide bonds. The van der Waals surface area contributed by atoms with E-state index in [2.05, 4.69) is 25.6 Å². The van der Waals surface area contributed by atoms with E-state index in [4.69, 9.17) is 0 Å². The summed E-state index contributed by atoms with van der Waals surface area (Å²) in [5.74, 6) is 2.34. The number of hydrogen-bond acceptors (Lipinski definition) is 1. The van der Waals surface area contributed by atoms with Crippen LogP contribution in [0.25, 0.3) is 0 Å². The summed E-state index contributed by atoms with van der Waals surface area (Å²) in [5.41, 5.74) is 0. The molecule has 1 rings (SSSR count). The van der Waals surface area contributed by atoms with E-state index in [0.717, 1.165) is 11.2 Å². The van der Waals surface area contributed by atoms with Gasteiger partial charge in [0.25, 0.3) is 0 Å². The zero-order chi connectivity index (χ0) is 8.10. The molecule has 0 bridgehead atoms. The molecule has 0 aromatic rings. The van der Waals surface area contributed by atoms with Gasteiger partial charge >= 0.3 is 0 Å². The van der Waals surface area contributed by atoms with E-state index >= 15 is 0 Å². The lowest BCUT2D eigenvalue weighted by Gasteiger charge is -2.29. The fourth-order valence-electron chi connectivity index (χ4n) is 2.07. The smallest absolute Gasteiger partial charge is 0.00751 e. The molecule has 0 saturated heterocycles. The number of hydrogen-bond donors (Lipinski definition) is 0. The van der Waals surface area contributed by atoms with Crippen molar-refractivity contribution in [1.29, 1.82) is 0 Å². The summed E-state index contributed by atoms with van der Waals surface area (Å²) in [5, 5.41) is 0.999. The van der Waals surface area contributed by atoms with Crippen molar-refractivity contribution in [1.82, 2.24) is 0 Å². The first-order chi connectivity index (χ1) is 5.38. The molecular weight excluding hydrogens is 152 g/mol. The minimum absolute atomic E-state index is 0.999. The first-order valence-electron chi connectivity index (χ1n) is 5.00. The Morgan fingerprint density at radius 1 is 1.18 bits per heavy atom. The number of rotatable bonds is 3. The highest BCUT2D eigenvalue weighted by atomic mass is 32.2. The van der Waals surface area contributed by atoms with Gasteiger partial charge in [-0.05, 0) is 24.5 Å². The van der Waals surface area contributed by atoms with E-state index in [1.807, 2.05) is 0 Å². The van der Waals surface area contributed by atoms with Gasteiger partial charge in [0.05, 0.1) is 0 Å². The normalized spacial score (nSPS) is 32.2. The van der Waals surface area contributed by atoms with Crippen LogP contribution in [-0.4, -0.2) is 11.0 Å². The summed E-state index contributed by atoms with van der Waals surface area (Å²) < 4.78 is 0. The average Bonchev–Trinajstić information content (AvgIpc) is 2.06. The van der Waals surface area contributed by atoms with E-state index in [1.54, 1.807) is 0 Å². The van der Waals surface area contributed by atoms with Crippen LogP contribution in [0.3, 0.4) is 0 Å². The second-order valence-corrected chi connectivity index (χ2v) is 4.96. The monoisotopic (exact) mass is 172 g/mol. The van der Waals surface area contributed by atoms with Gasteiger partial charge in [-0.2, -0.15) is 11.8 Å². The van der Waals surface area contributed by atoms with Crippen LogP contribution in [0.5, 0.6) is 0 Å². The van der Waals surface area contributed by atoms with Crippen molar-refractivity contribution in [2.75, 3.05) is 5.75 Å². The summed E-state index contributed by atoms with van der Waals surface area (Å²) in [6.07, 6.45) is 7.34. The molecule has 0 N–H and O–H groups in total. The van der Waals surface area contributed by atoms with E-state index in [9.17, 15) is 0 Å². The highest BCUT2D eigenvalue weighted by Crippen LogP contribution is 2.34. The Morgan fingerprint density at radius 2 is 1.91 bits per heavy atom. The van der Waals surface area contributed by atoms with Gasteiger partial charge in [0, 0.05) is 5.25 Å². The quantitative estimate of drug-likeness (QED) is 0.625. The first-order valence-corrected chi connectivity index (χ1v) is 6.05. The SMILES string of the molecule is CCS[C@H]1CCCC[C@H]1CC. The summed E-state index contributed by atoms with van der Waals surface area (Å²) in [7, 11) is 0. The van der Waals surface area contributed by atoms with Gasteiger partial charge in [0.15, 0.2) is 0 Å². The first kappa shape index (κ1) is 9.44. The lowest BCUT2D eigenvalue weighted by atomic mass is 9.87. The van der Waals surface area contributed by atoms with Gasteiger partial charge in [0.1, 0.15) is 0 Å². The fraction of sp³-hybridized carbons (Fsp3) is 1.00. The standard InChI is InChI=1S/C10H20S/c1-3-9-7-5-6-8-10(9)11-4-2/h9-10H,3-8H2,1-2H3/t9-,10+/m1/s1. The van der Waals surface area contributed by atoms with Crippen LogP contribution in [-0.2, 0) is 0 Å². The summed E-state index contributed by atoms with van der Waals surface area (Å²) in [6, 6.07) is 0. The molecule has 0 aromatic carbocycles. The largest absolute Gasteiger partial charge is 0.159 e. The van der Waals surface area contributed by atoms with E-state index in [-0.39, 0.29) is 0 Å². The maximum atomic E-state index is 2.35. The average molecular weight is 172 g/mol. The fourth-order valence-corrected chi connectivity index (χ4v) is 3.44. The van der Waals surface area contributed by atoms with Gasteiger partial charge in [-0.3, -0.25) is 0 Å². The summed E-state index contributed by atoms with van der Waals surface area (Å²) in [6.45, 7) is 4.63. The minimum atomic E-state index is 0.999. The highest BCUT2D eigenvalue weighted by molar-refractivity contribution is 7.99. The molecule has 0 aliphatic heterocycles. The maximum absolute atomic E-state index is 2.35. The van der Waals surface area contributed by atoms with Crippen LogP contribution in [0.1, 0.15) is 46.0 Å². The molecule has 1 aliphatic carbocycles. The topological polar surface area (TPSA) is 0 Å². The highest BCUT2D eigenvalue weighted by Gasteiger charge is 2.22. The lowest BCUT2D eigenvalue weighted by Crippen LogP contribution is -2.21. The van der Waals surface area contributed by atoms with Crippen LogP contribution < -0.4 is 0 Å². The summed E-state index contributed by atoms with van der Waals surface area (Å²) >= 11 is 2.18. The van der Waals surface area contributed by atoms with E-state index in [1.165, 1.54) is 37.9 Å². The number of thioether (sulfide) groups is 1. The Bertz CT molecular complexity index is 99.0. The molecule has 1 saturated carbocycles. The maximum Gasteiger partial charge on any atom is 0.00751 e. The lowest BCUT2D eigenvalue weighted by molar-refractivity contribution is 0.361. The Balaban J connectivity index is 2.31. The Morgan fingerprint density at radius 3 is 2.55 bits per heavy atom. The second-order valence-electron chi connectivity index (χ2n) is 3.45. The molecule has 66 valence electrons. The van der Waals surface area contributed by atoms with Crippen molar-refractivity contribution in [3.05, 3.63) is 0 Å². The molecular formula is C10H20S. The van der Waals surface area contributed by atoms with Crippen LogP contribution in [0.4, 0.5) is 0 Å². The van der Waals surface area contributed by atoms with Crippen molar-refractivity contribution in [3.8, 4) is 0 Å². The Labute approximate surface area is 75.1 Å². The predicted octanol–water partition coefficient (Wildman–Crippen LogP) is 3.71. The predicted molar refractivity (Wildman–Crippen MR) is 54.2 cm³/mol. The van der Waals surface area contributed by atoms with Gasteiger partial charge in [-0.15, -0.1) is 0 Å². The molecule has 11 heavy (non-hydrogen) atoms. The van der Waals surface area contributed by atoms with Gasteiger partial charge in [-0.25, -0.2) is 0 Å². The minimum Gasteiger partial charge on any atom is -0.159 e. The van der Waals surface area contributed by atoms with Crippen LogP contribution in [0.2, 0.25) is 0 Å². The zero-order valence-electron chi connectivity index (χ0n) is 7.81. The molecule has 1 heteroatoms. The van der Waals surface area contributed by atoms with Gasteiger partial charge in [-0.1, -0.05) is 33.1 Å². The molecule has 2 atom stereocenters. The van der Waals surface area contributed by atoms with Crippen LogP contribution in [0.15, 0.2) is 0 Å². The van der Waals surface area contributed by atoms with Crippen molar-refractivity contribution in [2.45, 2.75) is 51.2 Å². The summed E-state index contributed by atoms with van der Waals surface area (Å²) in [4.78, 5) is 0. The van der Waals surface area contributed by atoms with Crippen LogP contribution >= 0.6 is 11.8 Å². The molecule has 0 aromatic heterocycles. The van der Waals surface area contributed by atoms with E-state index in [0.29, 0.717) is 0 Å². The molecule has 0 heterocycles. The molecule has 1 fully saturated rings. The molecule has 0 radical (unpaired) electrons. The molecule has 0 nitrogen and oxygen atoms in total. The van der Waals surface area contributed by atoms with Crippen molar-refractivity contribution >= 4 is 11.8 Å². The third kappa shape index (κ3) is 2.70. The van der Waals surface area contributed by atoms with Gasteiger partial charge in [0.2, 0.25) is 0 Å². The van der Waals surface area contributed by atoms with Crippen LogP contribution in [0, 0.1) is 5.92 Å². The van der Waals surface area contributed by atoms with E-state index < -0.39 is 0 Å². The Kier molecular flexibility index (Phi) is 4.36. The second kappa shape index (κ2) is 5.08. The Hall–Kier alpha value is 0.350. The van der Waals surface area contributed by atoms with Gasteiger partial charge < -0.3 is 0 Å². The molecule has 1 aliphatic rings. The van der Waals surface area contributed by atoms with Crippen molar-refractivity contribution < 1.29 is 0 Å². The zero-order valence-corrected chi connectivity index (χ0v) is 8.62. The third-order valence-electron chi connectivity index (χ3n) is 2.74. The molecule has 0 spiro atoms. The van der Waals surface area contributed by atoms with Crippen molar-refractivity contribution in [3.63, 3.8) is 0 Å².